The number of pyridine rings is 1. The summed E-state index contributed by atoms with van der Waals surface area (Å²) in [6, 6.07) is 5.75. The Morgan fingerprint density at radius 2 is 2.20 bits per heavy atom. The van der Waals surface area contributed by atoms with Crippen molar-refractivity contribution in [1.29, 1.82) is 0 Å². The lowest BCUT2D eigenvalue weighted by atomic mass is 10.4. The minimum absolute atomic E-state index is 0.164. The smallest absolute Gasteiger partial charge is 0.350 e. The normalized spacial score (nSPS) is 10.9. The number of hydrogen-bond donors (Lipinski definition) is 0. The Kier molecular flexibility index (Phi) is 3.23. The molecule has 0 unspecified atom stereocenters. The summed E-state index contributed by atoms with van der Waals surface area (Å²) >= 11 is 1.35. The van der Waals surface area contributed by atoms with Crippen LogP contribution in [-0.2, 0) is 11.3 Å². The second-order valence-electron chi connectivity index (χ2n) is 4.42. The summed E-state index contributed by atoms with van der Waals surface area (Å²) in [4.78, 5) is 21.1. The van der Waals surface area contributed by atoms with E-state index in [2.05, 4.69) is 9.97 Å². The molecule has 0 saturated heterocycles. The Bertz CT molecular complexity index is 743. The van der Waals surface area contributed by atoms with Gasteiger partial charge in [-0.2, -0.15) is 0 Å². The molecule has 0 aliphatic rings. The number of carbonyl (C=O) groups excluding carboxylic acids is 1. The zero-order valence-electron chi connectivity index (χ0n) is 11.2. The number of aryl methyl sites for hydroxylation is 2. The van der Waals surface area contributed by atoms with Crippen molar-refractivity contribution < 1.29 is 9.53 Å². The number of ether oxygens (including phenoxy) is 1. The highest BCUT2D eigenvalue weighted by Gasteiger charge is 2.15. The highest BCUT2D eigenvalue weighted by molar-refractivity contribution is 7.13. The molecule has 3 aromatic rings. The van der Waals surface area contributed by atoms with Crippen LogP contribution in [0.3, 0.4) is 0 Å². The number of fused-ring (bicyclic) bond motifs is 1. The first kappa shape index (κ1) is 12.8. The fraction of sp³-hybridized carbons (Fsp3) is 0.214. The highest BCUT2D eigenvalue weighted by Crippen LogP contribution is 2.18. The minimum atomic E-state index is -0.342. The number of thiazole rings is 1. The molecule has 0 spiro atoms. The van der Waals surface area contributed by atoms with E-state index >= 15 is 0 Å². The largest absolute Gasteiger partial charge is 0.455 e. The van der Waals surface area contributed by atoms with Crippen LogP contribution in [0.4, 0.5) is 0 Å². The number of imidazole rings is 1. The molecule has 0 saturated carbocycles. The van der Waals surface area contributed by atoms with Crippen molar-refractivity contribution in [2.24, 2.45) is 0 Å². The van der Waals surface area contributed by atoms with Gasteiger partial charge in [-0.15, -0.1) is 11.3 Å². The number of hydrogen-bond acceptors (Lipinski definition) is 5. The third kappa shape index (κ3) is 2.42. The van der Waals surface area contributed by atoms with Gasteiger partial charge in [0.25, 0.3) is 0 Å². The average molecular weight is 287 g/mol. The Hall–Kier alpha value is -2.21. The van der Waals surface area contributed by atoms with E-state index in [-0.39, 0.29) is 12.6 Å². The Morgan fingerprint density at radius 3 is 2.90 bits per heavy atom. The molecule has 3 aromatic heterocycles. The third-order valence-corrected chi connectivity index (χ3v) is 3.91. The molecule has 0 radical (unpaired) electrons. The van der Waals surface area contributed by atoms with Crippen molar-refractivity contribution in [3.8, 4) is 0 Å². The Balaban J connectivity index is 1.73. The molecule has 0 fully saturated rings. The zero-order valence-corrected chi connectivity index (χ0v) is 12.0. The second kappa shape index (κ2) is 5.05. The molecule has 0 aliphatic carbocycles. The lowest BCUT2D eigenvalue weighted by Gasteiger charge is -2.00. The summed E-state index contributed by atoms with van der Waals surface area (Å²) in [5, 5.41) is 0.863. The lowest BCUT2D eigenvalue weighted by Crippen LogP contribution is -2.05. The summed E-state index contributed by atoms with van der Waals surface area (Å²) in [5.41, 5.74) is 2.28. The van der Waals surface area contributed by atoms with Gasteiger partial charge in [0, 0.05) is 12.4 Å². The van der Waals surface area contributed by atoms with Crippen LogP contribution in [0, 0.1) is 13.8 Å². The van der Waals surface area contributed by atoms with Gasteiger partial charge in [-0.1, -0.05) is 6.07 Å². The average Bonchev–Trinajstić information content (AvgIpc) is 2.98. The van der Waals surface area contributed by atoms with Gasteiger partial charge in [0.1, 0.15) is 17.1 Å². The van der Waals surface area contributed by atoms with Gasteiger partial charge in [0.15, 0.2) is 0 Å². The molecule has 0 amide bonds. The van der Waals surface area contributed by atoms with Gasteiger partial charge < -0.3 is 9.14 Å². The number of rotatable bonds is 3. The van der Waals surface area contributed by atoms with Crippen LogP contribution < -0.4 is 0 Å². The first-order valence-corrected chi connectivity index (χ1v) is 6.99. The van der Waals surface area contributed by atoms with Crippen molar-refractivity contribution in [1.82, 2.24) is 14.4 Å². The first-order valence-electron chi connectivity index (χ1n) is 6.17. The van der Waals surface area contributed by atoms with Crippen molar-refractivity contribution in [2.45, 2.75) is 20.5 Å². The minimum Gasteiger partial charge on any atom is -0.455 e. The van der Waals surface area contributed by atoms with Gasteiger partial charge in [-0.3, -0.25) is 0 Å². The summed E-state index contributed by atoms with van der Waals surface area (Å²) in [6.45, 7) is 3.85. The number of carbonyl (C=O) groups is 1. The molecule has 102 valence electrons. The van der Waals surface area contributed by atoms with Crippen molar-refractivity contribution in [3.05, 3.63) is 51.9 Å². The fourth-order valence-corrected chi connectivity index (χ4v) is 2.80. The maximum atomic E-state index is 12.0. The van der Waals surface area contributed by atoms with E-state index in [1.54, 1.807) is 0 Å². The van der Waals surface area contributed by atoms with Gasteiger partial charge >= 0.3 is 5.97 Å². The molecule has 0 N–H and O–H groups in total. The van der Waals surface area contributed by atoms with Crippen molar-refractivity contribution >= 4 is 23.0 Å². The van der Waals surface area contributed by atoms with Crippen LogP contribution in [0.15, 0.2) is 30.6 Å². The lowest BCUT2D eigenvalue weighted by molar-refractivity contribution is 0.0473. The predicted octanol–water partition coefficient (Wildman–Crippen LogP) is 2.76. The van der Waals surface area contributed by atoms with Crippen LogP contribution in [0.5, 0.6) is 0 Å². The second-order valence-corrected chi connectivity index (χ2v) is 5.63. The molecule has 0 atom stereocenters. The molecule has 0 aromatic carbocycles. The number of nitrogens with zero attached hydrogens (tertiary/aromatic N) is 3. The van der Waals surface area contributed by atoms with E-state index in [1.807, 2.05) is 48.8 Å². The van der Waals surface area contributed by atoms with Gasteiger partial charge in [-0.05, 0) is 26.0 Å². The molecule has 0 bridgehead atoms. The fourth-order valence-electron chi connectivity index (χ4n) is 1.98. The van der Waals surface area contributed by atoms with Crippen LogP contribution in [0.2, 0.25) is 0 Å². The molecule has 6 heteroatoms. The topological polar surface area (TPSA) is 56.5 Å². The summed E-state index contributed by atoms with van der Waals surface area (Å²) in [5.74, 6) is -0.342. The molecule has 0 aliphatic heterocycles. The predicted molar refractivity (Wildman–Crippen MR) is 75.9 cm³/mol. The first-order chi connectivity index (χ1) is 9.63. The molecular formula is C14H13N3O2S. The van der Waals surface area contributed by atoms with E-state index in [9.17, 15) is 4.79 Å². The van der Waals surface area contributed by atoms with Crippen molar-refractivity contribution in [2.75, 3.05) is 0 Å². The molecule has 3 heterocycles. The quantitative estimate of drug-likeness (QED) is 0.695. The van der Waals surface area contributed by atoms with Crippen LogP contribution in [-0.4, -0.2) is 20.3 Å². The van der Waals surface area contributed by atoms with E-state index in [0.29, 0.717) is 10.6 Å². The zero-order chi connectivity index (χ0) is 14.1. The van der Waals surface area contributed by atoms with E-state index in [0.717, 1.165) is 16.3 Å². The van der Waals surface area contributed by atoms with Crippen LogP contribution >= 0.6 is 11.3 Å². The molecule has 5 nitrogen and oxygen atoms in total. The van der Waals surface area contributed by atoms with Crippen LogP contribution in [0.25, 0.3) is 5.65 Å². The van der Waals surface area contributed by atoms with E-state index < -0.39 is 0 Å². The Labute approximate surface area is 119 Å². The summed E-state index contributed by atoms with van der Waals surface area (Å²) in [7, 11) is 0. The highest BCUT2D eigenvalue weighted by atomic mass is 32.1. The number of esters is 1. The van der Waals surface area contributed by atoms with Crippen molar-refractivity contribution in [3.63, 3.8) is 0 Å². The SMILES string of the molecule is Cc1nc(C)c(C(=O)OCc2cn3ccccc3n2)s1. The molecule has 3 rings (SSSR count). The van der Waals surface area contributed by atoms with Gasteiger partial charge in [0.05, 0.1) is 16.4 Å². The molecular weight excluding hydrogens is 274 g/mol. The molecule has 20 heavy (non-hydrogen) atoms. The maximum absolute atomic E-state index is 12.0. The van der Waals surface area contributed by atoms with E-state index in [4.69, 9.17) is 4.74 Å². The van der Waals surface area contributed by atoms with Crippen LogP contribution in [0.1, 0.15) is 26.1 Å². The standard InChI is InChI=1S/C14H13N3O2S/c1-9-13(20-10(2)15-9)14(18)19-8-11-7-17-6-4-3-5-12(17)16-11/h3-7H,8H2,1-2H3. The summed E-state index contributed by atoms with van der Waals surface area (Å²) < 4.78 is 7.19. The summed E-state index contributed by atoms with van der Waals surface area (Å²) in [6.07, 6.45) is 3.76. The maximum Gasteiger partial charge on any atom is 0.350 e. The Morgan fingerprint density at radius 1 is 1.35 bits per heavy atom. The number of aromatic nitrogens is 3. The third-order valence-electron chi connectivity index (χ3n) is 2.85. The monoisotopic (exact) mass is 287 g/mol. The van der Waals surface area contributed by atoms with Gasteiger partial charge in [-0.25, -0.2) is 14.8 Å². The van der Waals surface area contributed by atoms with Gasteiger partial charge in [0.2, 0.25) is 0 Å². The van der Waals surface area contributed by atoms with E-state index in [1.165, 1.54) is 11.3 Å².